The number of aromatic nitrogens is 3. The maximum Gasteiger partial charge on any atom is 0.239 e. The molecule has 0 amide bonds. The van der Waals surface area contributed by atoms with E-state index in [0.717, 1.165) is 6.42 Å². The number of anilines is 2. The minimum atomic E-state index is -2.18. The van der Waals surface area contributed by atoms with E-state index < -0.39 is 21.9 Å². The Morgan fingerprint density at radius 1 is 1.27 bits per heavy atom. The van der Waals surface area contributed by atoms with Gasteiger partial charge in [0.15, 0.2) is 6.10 Å². The summed E-state index contributed by atoms with van der Waals surface area (Å²) in [6.45, 7) is 0.440. The van der Waals surface area contributed by atoms with E-state index in [2.05, 4.69) is 24.6 Å². The molecule has 5 rings (SSSR count). The Hall–Kier alpha value is -2.73. The molecule has 0 saturated carbocycles. The van der Waals surface area contributed by atoms with Crippen LogP contribution in [0.15, 0.2) is 35.0 Å². The number of nitrogens with zero attached hydrogens (tertiary/aromatic N) is 4. The van der Waals surface area contributed by atoms with Crippen LogP contribution in [0.3, 0.4) is 0 Å². The molecule has 2 fully saturated rings. The molecule has 2 aromatic heterocycles. The minimum absolute atomic E-state index is 0.196. The number of fused-ring (bicyclic) bond motifs is 1. The topological polar surface area (TPSA) is 128 Å². The lowest BCUT2D eigenvalue weighted by Crippen LogP contribution is -2.30. The maximum absolute atomic E-state index is 12.6. The number of rotatable bonds is 6. The third kappa shape index (κ3) is 4.54. The molecular weight excluding hydrogens is 470 g/mol. The largest absolute Gasteiger partial charge is 0.496 e. The van der Waals surface area contributed by atoms with Crippen molar-refractivity contribution in [3.63, 3.8) is 0 Å². The molecule has 4 heterocycles. The Labute approximate surface area is 195 Å². The highest BCUT2D eigenvalue weighted by Gasteiger charge is 2.29. The molecule has 2 saturated heterocycles. The normalized spacial score (nSPS) is 21.4. The van der Waals surface area contributed by atoms with E-state index in [9.17, 15) is 9.32 Å². The standard InChI is InChI=1S/C21H22ClN5O5S/c1-30-16-8-12(27-33(29)5-2-6-33)7-14-19(16)20(24-11-23-14)25-13-3-4-18(22)26-21(13)32-17-10-31-9-15(17)28/h3-4,7-8,11,15,17,28H,2,5-6,9-10H2,1H3,(H,23,24,25). The number of hydrogen-bond donors (Lipinski definition) is 2. The number of aliphatic hydroxyl groups excluding tert-OH is 1. The van der Waals surface area contributed by atoms with Crippen molar-refractivity contribution in [3.05, 3.63) is 35.7 Å². The highest BCUT2D eigenvalue weighted by molar-refractivity contribution is 7.95. The monoisotopic (exact) mass is 491 g/mol. The molecule has 3 aromatic rings. The molecule has 12 heteroatoms. The van der Waals surface area contributed by atoms with Gasteiger partial charge in [0.2, 0.25) is 5.88 Å². The van der Waals surface area contributed by atoms with E-state index in [-0.39, 0.29) is 24.2 Å². The molecule has 0 aliphatic carbocycles. The van der Waals surface area contributed by atoms with E-state index >= 15 is 0 Å². The van der Waals surface area contributed by atoms with E-state index in [0.29, 0.717) is 45.4 Å². The number of benzene rings is 1. The van der Waals surface area contributed by atoms with Crippen molar-refractivity contribution in [1.29, 1.82) is 0 Å². The SMILES string of the molecule is COc1cc(N=S2(=O)CCC2)cc2ncnc(Nc3ccc(Cl)nc3OC3COCC3O)c12. The lowest BCUT2D eigenvalue weighted by molar-refractivity contribution is 0.0709. The molecule has 0 spiro atoms. The van der Waals surface area contributed by atoms with E-state index in [1.807, 2.05) is 0 Å². The van der Waals surface area contributed by atoms with Gasteiger partial charge < -0.3 is 24.6 Å². The first kappa shape index (κ1) is 22.1. The maximum atomic E-state index is 12.6. The van der Waals surface area contributed by atoms with Gasteiger partial charge in [-0.3, -0.25) is 0 Å². The van der Waals surface area contributed by atoms with Crippen LogP contribution in [0.4, 0.5) is 17.2 Å². The fraction of sp³-hybridized carbons (Fsp3) is 0.381. The quantitative estimate of drug-likeness (QED) is 0.500. The third-order valence-electron chi connectivity index (χ3n) is 5.45. The predicted octanol–water partition coefficient (Wildman–Crippen LogP) is 3.07. The Balaban J connectivity index is 1.53. The van der Waals surface area contributed by atoms with Crippen LogP contribution >= 0.6 is 11.6 Å². The molecule has 174 valence electrons. The first-order valence-electron chi connectivity index (χ1n) is 10.4. The second-order valence-electron chi connectivity index (χ2n) is 7.76. The minimum Gasteiger partial charge on any atom is -0.496 e. The van der Waals surface area contributed by atoms with Gasteiger partial charge in [-0.2, -0.15) is 9.35 Å². The van der Waals surface area contributed by atoms with Crippen molar-refractivity contribution in [2.45, 2.75) is 18.6 Å². The second-order valence-corrected chi connectivity index (χ2v) is 10.7. The summed E-state index contributed by atoms with van der Waals surface area (Å²) in [4.78, 5) is 13.0. The average molecular weight is 492 g/mol. The molecule has 0 radical (unpaired) electrons. The van der Waals surface area contributed by atoms with Crippen molar-refractivity contribution in [2.24, 2.45) is 4.36 Å². The van der Waals surface area contributed by atoms with Crippen molar-refractivity contribution < 1.29 is 23.5 Å². The van der Waals surface area contributed by atoms with Crippen LogP contribution in [-0.4, -0.2) is 68.3 Å². The fourth-order valence-electron chi connectivity index (χ4n) is 3.63. The lowest BCUT2D eigenvalue weighted by atomic mass is 10.2. The molecule has 1 aromatic carbocycles. The van der Waals surface area contributed by atoms with E-state index in [1.54, 1.807) is 31.4 Å². The summed E-state index contributed by atoms with van der Waals surface area (Å²) in [6, 6.07) is 6.81. The highest BCUT2D eigenvalue weighted by Crippen LogP contribution is 2.38. The zero-order valence-electron chi connectivity index (χ0n) is 17.7. The van der Waals surface area contributed by atoms with Gasteiger partial charge in [-0.25, -0.2) is 14.2 Å². The van der Waals surface area contributed by atoms with Crippen LogP contribution in [0, 0.1) is 0 Å². The number of pyridine rings is 1. The van der Waals surface area contributed by atoms with Gasteiger partial charge in [0.1, 0.15) is 34.8 Å². The number of halogens is 1. The summed E-state index contributed by atoms with van der Waals surface area (Å²) < 4.78 is 33.7. The smallest absolute Gasteiger partial charge is 0.239 e. The van der Waals surface area contributed by atoms with Crippen molar-refractivity contribution in [3.8, 4) is 11.6 Å². The second kappa shape index (κ2) is 8.90. The summed E-state index contributed by atoms with van der Waals surface area (Å²) in [7, 11) is -0.638. The predicted molar refractivity (Wildman–Crippen MR) is 124 cm³/mol. The fourth-order valence-corrected chi connectivity index (χ4v) is 5.23. The highest BCUT2D eigenvalue weighted by atomic mass is 35.5. The van der Waals surface area contributed by atoms with Gasteiger partial charge in [0.25, 0.3) is 0 Å². The van der Waals surface area contributed by atoms with Crippen molar-refractivity contribution >= 4 is 49.4 Å². The summed E-state index contributed by atoms with van der Waals surface area (Å²) in [5, 5.41) is 14.1. The summed E-state index contributed by atoms with van der Waals surface area (Å²) in [5.74, 6) is 2.36. The van der Waals surface area contributed by atoms with E-state index in [4.69, 9.17) is 25.8 Å². The molecule has 2 atom stereocenters. The lowest BCUT2D eigenvalue weighted by Gasteiger charge is -2.19. The molecule has 2 aliphatic heterocycles. The van der Waals surface area contributed by atoms with Crippen LogP contribution in [0.2, 0.25) is 5.15 Å². The Morgan fingerprint density at radius 3 is 2.82 bits per heavy atom. The average Bonchev–Trinajstić information content (AvgIpc) is 3.18. The van der Waals surface area contributed by atoms with Gasteiger partial charge >= 0.3 is 0 Å². The van der Waals surface area contributed by atoms with Gasteiger partial charge in [-0.15, -0.1) is 0 Å². The Bertz CT molecular complexity index is 1320. The molecule has 0 bridgehead atoms. The molecular formula is C21H22ClN5O5S. The molecule has 10 nitrogen and oxygen atoms in total. The zero-order chi connectivity index (χ0) is 23.0. The summed E-state index contributed by atoms with van der Waals surface area (Å²) in [5.41, 5.74) is 1.63. The van der Waals surface area contributed by atoms with Gasteiger partial charge in [0, 0.05) is 17.6 Å². The number of ether oxygens (including phenoxy) is 3. The number of methoxy groups -OCH3 is 1. The summed E-state index contributed by atoms with van der Waals surface area (Å²) >= 11 is 6.08. The van der Waals surface area contributed by atoms with Crippen molar-refractivity contribution in [1.82, 2.24) is 15.0 Å². The molecule has 33 heavy (non-hydrogen) atoms. The van der Waals surface area contributed by atoms with Crippen molar-refractivity contribution in [2.75, 3.05) is 37.1 Å². The van der Waals surface area contributed by atoms with Crippen LogP contribution in [0.25, 0.3) is 10.9 Å². The number of hydrogen-bond acceptors (Lipinski definition) is 10. The first-order valence-corrected chi connectivity index (χ1v) is 12.6. The Morgan fingerprint density at radius 2 is 2.12 bits per heavy atom. The molecule has 2 unspecified atom stereocenters. The van der Waals surface area contributed by atoms with Crippen LogP contribution < -0.4 is 14.8 Å². The zero-order valence-corrected chi connectivity index (χ0v) is 19.3. The number of aliphatic hydroxyl groups is 1. The molecule has 2 aliphatic rings. The Kier molecular flexibility index (Phi) is 5.95. The van der Waals surface area contributed by atoms with Gasteiger partial charge in [-0.1, -0.05) is 11.6 Å². The first-order chi connectivity index (χ1) is 15.9. The van der Waals surface area contributed by atoms with E-state index in [1.165, 1.54) is 6.33 Å². The molecule has 2 N–H and O–H groups in total. The third-order valence-corrected chi connectivity index (χ3v) is 8.05. The van der Waals surface area contributed by atoms with Crippen LogP contribution in [-0.2, 0) is 14.5 Å². The van der Waals surface area contributed by atoms with Crippen LogP contribution in [0.1, 0.15) is 6.42 Å². The number of nitrogens with one attached hydrogen (secondary N) is 1. The summed E-state index contributed by atoms with van der Waals surface area (Å²) in [6.07, 6.45) is 1.01. The van der Waals surface area contributed by atoms with Gasteiger partial charge in [0.05, 0.1) is 46.6 Å². The van der Waals surface area contributed by atoms with Gasteiger partial charge in [-0.05, 0) is 24.6 Å². The van der Waals surface area contributed by atoms with Crippen LogP contribution in [0.5, 0.6) is 11.6 Å².